The first-order valence-corrected chi connectivity index (χ1v) is 13.9. The lowest BCUT2D eigenvalue weighted by atomic mass is 9.79. The Morgan fingerprint density at radius 3 is 2.14 bits per heavy atom. The lowest BCUT2D eigenvalue weighted by molar-refractivity contribution is 0.0763. The molecule has 0 aliphatic heterocycles. The molecule has 2 aromatic carbocycles. The number of amides is 1. The van der Waals surface area contributed by atoms with E-state index < -0.39 is 56.7 Å². The first-order valence-electron chi connectivity index (χ1n) is 10.3. The normalized spacial score (nSPS) is 19.1. The van der Waals surface area contributed by atoms with Gasteiger partial charge in [0.2, 0.25) is 0 Å². The average molecular weight is 524 g/mol. The van der Waals surface area contributed by atoms with E-state index in [9.17, 15) is 31.2 Å². The van der Waals surface area contributed by atoms with Gasteiger partial charge >= 0.3 is 6.09 Å². The lowest BCUT2D eigenvalue weighted by Crippen LogP contribution is -2.26. The Morgan fingerprint density at radius 1 is 0.971 bits per heavy atom. The molecule has 186 valence electrons. The number of alkyl carbamates (subject to hydrolysis) is 1. The van der Waals surface area contributed by atoms with Gasteiger partial charge in [-0.3, -0.25) is 18.0 Å². The third-order valence-corrected chi connectivity index (χ3v) is 6.77. The highest BCUT2D eigenvalue weighted by Gasteiger charge is 2.45. The number of carbonyl (C=O) groups is 3. The van der Waals surface area contributed by atoms with Crippen LogP contribution < -0.4 is 5.32 Å². The fourth-order valence-electron chi connectivity index (χ4n) is 4.42. The van der Waals surface area contributed by atoms with Gasteiger partial charge in [0.1, 0.15) is 18.8 Å². The first-order chi connectivity index (χ1) is 16.3. The van der Waals surface area contributed by atoms with Gasteiger partial charge < -0.3 is 10.1 Å². The molecule has 0 fully saturated rings. The highest BCUT2D eigenvalue weighted by Crippen LogP contribution is 2.45. The van der Waals surface area contributed by atoms with Crippen molar-refractivity contribution in [3.63, 3.8) is 0 Å². The lowest BCUT2D eigenvalue weighted by Gasteiger charge is -2.24. The number of ketones is 2. The fourth-order valence-corrected chi connectivity index (χ4v) is 5.63. The summed E-state index contributed by atoms with van der Waals surface area (Å²) in [5.41, 5.74) is 0.885. The van der Waals surface area contributed by atoms with Crippen LogP contribution in [0.2, 0.25) is 0 Å². The van der Waals surface area contributed by atoms with Gasteiger partial charge in [-0.05, 0) is 22.8 Å². The van der Waals surface area contributed by atoms with Crippen molar-refractivity contribution in [2.45, 2.75) is 25.2 Å². The van der Waals surface area contributed by atoms with E-state index in [0.29, 0.717) is 0 Å². The molecule has 0 saturated carbocycles. The topological polar surface area (TPSA) is 159 Å². The Balaban J connectivity index is 1.97. The van der Waals surface area contributed by atoms with Crippen molar-refractivity contribution >= 4 is 37.9 Å². The van der Waals surface area contributed by atoms with Gasteiger partial charge in [-0.1, -0.05) is 24.3 Å². The maximum absolute atomic E-state index is 13.5. The van der Waals surface area contributed by atoms with Gasteiger partial charge in [0, 0.05) is 35.7 Å². The van der Waals surface area contributed by atoms with Crippen LogP contribution in [0.1, 0.15) is 54.6 Å². The monoisotopic (exact) mass is 523 g/mol. The first kappa shape index (κ1) is 25.0. The van der Waals surface area contributed by atoms with Crippen LogP contribution in [-0.2, 0) is 46.4 Å². The summed E-state index contributed by atoms with van der Waals surface area (Å²) >= 11 is 0. The summed E-state index contributed by atoms with van der Waals surface area (Å²) in [6, 6.07) is 7.57. The number of carbonyl (C=O) groups excluding carboxylic acids is 3. The molecule has 1 amide bonds. The third-order valence-electron chi connectivity index (χ3n) is 5.62. The Morgan fingerprint density at radius 2 is 1.57 bits per heavy atom. The van der Waals surface area contributed by atoms with Crippen molar-refractivity contribution < 1.29 is 44.3 Å². The summed E-state index contributed by atoms with van der Waals surface area (Å²) < 4.78 is 63.4. The van der Waals surface area contributed by atoms with E-state index in [-0.39, 0.29) is 45.4 Å². The molecule has 2 aliphatic carbocycles. The second-order valence-electron chi connectivity index (χ2n) is 8.14. The smallest absolute Gasteiger partial charge is 0.407 e. The van der Waals surface area contributed by atoms with E-state index in [0.717, 1.165) is 12.5 Å². The van der Waals surface area contributed by atoms with Crippen LogP contribution in [-0.4, -0.2) is 60.2 Å². The summed E-state index contributed by atoms with van der Waals surface area (Å²) in [5, 5.41) is 2.27. The van der Waals surface area contributed by atoms with E-state index in [2.05, 4.69) is 5.32 Å². The summed E-state index contributed by atoms with van der Waals surface area (Å²) in [5.74, 6) is -0.935. The molecule has 0 heterocycles. The molecule has 11 nitrogen and oxygen atoms in total. The molecule has 1 N–H and O–H groups in total. The van der Waals surface area contributed by atoms with Crippen molar-refractivity contribution in [3.8, 4) is 0 Å². The van der Waals surface area contributed by atoms with Crippen LogP contribution in [0.25, 0.3) is 0 Å². The minimum Gasteiger partial charge on any atom is -0.445 e. The van der Waals surface area contributed by atoms with Crippen molar-refractivity contribution in [2.24, 2.45) is 0 Å². The number of fused-ring (bicyclic) bond motifs is 4. The predicted octanol–water partition coefficient (Wildman–Crippen LogP) is 1.24. The van der Waals surface area contributed by atoms with E-state index in [1.165, 1.54) is 25.2 Å². The summed E-state index contributed by atoms with van der Waals surface area (Å²) in [4.78, 5) is 38.5. The van der Waals surface area contributed by atoms with Crippen LogP contribution in [0.15, 0.2) is 30.3 Å². The van der Waals surface area contributed by atoms with E-state index >= 15 is 0 Å². The molecular weight excluding hydrogens is 502 g/mol. The zero-order valence-electron chi connectivity index (χ0n) is 18.9. The standard InChI is InChI=1S/C22H21NO10S2/c1-23-22(26)31-10-11-8-15-18(20(25)13-7-5-4-6-12(13)19(15)24)14-9-16(32-34(2,27)28)21(17(11)14)33-35(3,29)30/h4-8,16,21H,9-10H2,1-3H3,(H,23,26)/t16-,21-/m1/s1. The average Bonchev–Trinajstić information content (AvgIpc) is 3.09. The van der Waals surface area contributed by atoms with Gasteiger partial charge in [0.25, 0.3) is 20.2 Å². The highest BCUT2D eigenvalue weighted by molar-refractivity contribution is 7.86. The van der Waals surface area contributed by atoms with Crippen molar-refractivity contribution in [2.75, 3.05) is 19.6 Å². The van der Waals surface area contributed by atoms with Crippen molar-refractivity contribution in [1.82, 2.24) is 5.32 Å². The zero-order valence-corrected chi connectivity index (χ0v) is 20.5. The quantitative estimate of drug-likeness (QED) is 0.466. The number of nitrogens with one attached hydrogen (secondary N) is 1. The Kier molecular flexibility index (Phi) is 6.30. The van der Waals surface area contributed by atoms with Crippen molar-refractivity contribution in [1.29, 1.82) is 0 Å². The van der Waals surface area contributed by atoms with Gasteiger partial charge in [-0.25, -0.2) is 4.79 Å². The molecule has 0 aromatic heterocycles. The molecule has 4 rings (SSSR count). The maximum atomic E-state index is 13.5. The van der Waals surface area contributed by atoms with Crippen LogP contribution in [0.4, 0.5) is 4.79 Å². The minimum atomic E-state index is -4.13. The number of ether oxygens (including phenoxy) is 1. The molecular formula is C22H21NO10S2. The van der Waals surface area contributed by atoms with Crippen LogP contribution in [0, 0.1) is 0 Å². The van der Waals surface area contributed by atoms with E-state index in [1.807, 2.05) is 0 Å². The van der Waals surface area contributed by atoms with Crippen LogP contribution in [0.3, 0.4) is 0 Å². The van der Waals surface area contributed by atoms with Gasteiger partial charge in [-0.2, -0.15) is 16.8 Å². The molecule has 13 heteroatoms. The highest BCUT2D eigenvalue weighted by atomic mass is 32.2. The molecule has 0 spiro atoms. The zero-order chi connectivity index (χ0) is 25.7. The van der Waals surface area contributed by atoms with Crippen LogP contribution >= 0.6 is 0 Å². The predicted molar refractivity (Wildman–Crippen MR) is 121 cm³/mol. The maximum Gasteiger partial charge on any atom is 0.407 e. The molecule has 0 radical (unpaired) electrons. The van der Waals surface area contributed by atoms with Crippen molar-refractivity contribution in [3.05, 3.63) is 69.3 Å². The Labute approximate surface area is 201 Å². The second kappa shape index (κ2) is 8.82. The van der Waals surface area contributed by atoms with E-state index in [4.69, 9.17) is 13.1 Å². The molecule has 0 unspecified atom stereocenters. The second-order valence-corrected chi connectivity index (χ2v) is 11.3. The SMILES string of the molecule is CNC(=O)OCc1cc2c(c3c1[C@H](OS(C)(=O)=O)[C@H](OS(C)(=O)=O)C3)C(=O)c1ccccc1C2=O. The summed E-state index contributed by atoms with van der Waals surface area (Å²) in [6.07, 6.45) is -2.27. The van der Waals surface area contributed by atoms with Crippen LogP contribution in [0.5, 0.6) is 0 Å². The molecule has 0 bridgehead atoms. The Bertz CT molecular complexity index is 1480. The molecule has 0 saturated heterocycles. The van der Waals surface area contributed by atoms with Gasteiger partial charge in [0.15, 0.2) is 11.6 Å². The molecule has 35 heavy (non-hydrogen) atoms. The molecule has 2 atom stereocenters. The largest absolute Gasteiger partial charge is 0.445 e. The molecule has 2 aliphatic rings. The van der Waals surface area contributed by atoms with E-state index in [1.54, 1.807) is 12.1 Å². The number of hydrogen-bond acceptors (Lipinski definition) is 10. The summed E-state index contributed by atoms with van der Waals surface area (Å²) in [6.45, 7) is -0.409. The van der Waals surface area contributed by atoms with Gasteiger partial charge in [-0.15, -0.1) is 0 Å². The third kappa shape index (κ3) is 4.85. The Hall–Kier alpha value is -3.13. The number of rotatable bonds is 6. The molecule has 2 aromatic rings. The summed E-state index contributed by atoms with van der Waals surface area (Å²) in [7, 11) is -6.87. The number of benzene rings is 2. The minimum absolute atomic E-state index is 0.00842. The fraction of sp³-hybridized carbons (Fsp3) is 0.318. The van der Waals surface area contributed by atoms with Gasteiger partial charge in [0.05, 0.1) is 12.5 Å². The number of hydrogen-bond donors (Lipinski definition) is 1.